The summed E-state index contributed by atoms with van der Waals surface area (Å²) < 4.78 is 1.60. The molecule has 3 aromatic rings. The van der Waals surface area contributed by atoms with Crippen LogP contribution in [-0.4, -0.2) is 25.9 Å². The molecule has 0 unspecified atom stereocenters. The van der Waals surface area contributed by atoms with E-state index in [0.29, 0.717) is 11.6 Å². The molecule has 1 aliphatic carbocycles. The number of amides is 1. The number of benzene rings is 1. The number of nitrogens with one attached hydrogen (secondary N) is 1. The van der Waals surface area contributed by atoms with Crippen LogP contribution < -0.4 is 5.32 Å². The molecular formula is C19H19N5O. The fourth-order valence-corrected chi connectivity index (χ4v) is 3.33. The molecule has 1 amide bonds. The zero-order valence-corrected chi connectivity index (χ0v) is 14.0. The van der Waals surface area contributed by atoms with Crippen LogP contribution >= 0.6 is 0 Å². The standard InChI is InChI=1S/C19H19N5O/c1-13-9-10-18(23-22-13)24-17(11-12-20-24)21-19(25)16-8-4-6-14-5-2-3-7-15(14)16/h2-3,5,7,9-12,16H,4,6,8H2,1H3,(H,21,25)/t16-/m1/s1. The van der Waals surface area contributed by atoms with E-state index in [1.54, 1.807) is 16.9 Å². The maximum absolute atomic E-state index is 12.9. The van der Waals surface area contributed by atoms with Gasteiger partial charge in [-0.15, -0.1) is 5.10 Å². The zero-order valence-electron chi connectivity index (χ0n) is 14.0. The van der Waals surface area contributed by atoms with Gasteiger partial charge in [-0.2, -0.15) is 14.9 Å². The molecule has 25 heavy (non-hydrogen) atoms. The van der Waals surface area contributed by atoms with Gasteiger partial charge in [-0.05, 0) is 49.4 Å². The molecule has 2 aromatic heterocycles. The summed E-state index contributed by atoms with van der Waals surface area (Å²) in [5.41, 5.74) is 3.24. The van der Waals surface area contributed by atoms with Crippen molar-refractivity contribution in [2.75, 3.05) is 5.32 Å². The highest BCUT2D eigenvalue weighted by atomic mass is 16.2. The van der Waals surface area contributed by atoms with E-state index >= 15 is 0 Å². The minimum absolute atomic E-state index is 0.00558. The van der Waals surface area contributed by atoms with Crippen LogP contribution in [0.15, 0.2) is 48.7 Å². The maximum Gasteiger partial charge on any atom is 0.233 e. The first-order chi connectivity index (χ1) is 12.2. The van der Waals surface area contributed by atoms with Crippen molar-refractivity contribution in [1.82, 2.24) is 20.0 Å². The first-order valence-corrected chi connectivity index (χ1v) is 8.46. The highest BCUT2D eigenvalue weighted by molar-refractivity contribution is 5.95. The number of aromatic nitrogens is 4. The van der Waals surface area contributed by atoms with Crippen molar-refractivity contribution in [3.05, 3.63) is 65.5 Å². The summed E-state index contributed by atoms with van der Waals surface area (Å²) in [5, 5.41) is 15.5. The molecule has 6 nitrogen and oxygen atoms in total. The minimum atomic E-state index is -0.127. The number of carbonyl (C=O) groups is 1. The SMILES string of the molecule is Cc1ccc(-n2nccc2NC(=O)[C@@H]2CCCc3ccccc32)nn1. The van der Waals surface area contributed by atoms with Gasteiger partial charge in [-0.25, -0.2) is 0 Å². The molecule has 1 aromatic carbocycles. The van der Waals surface area contributed by atoms with Gasteiger partial charge in [0.05, 0.1) is 17.8 Å². The van der Waals surface area contributed by atoms with Crippen LogP contribution in [-0.2, 0) is 11.2 Å². The monoisotopic (exact) mass is 333 g/mol. The summed E-state index contributed by atoms with van der Waals surface area (Å²) in [7, 11) is 0. The minimum Gasteiger partial charge on any atom is -0.310 e. The molecule has 4 rings (SSSR count). The van der Waals surface area contributed by atoms with Crippen LogP contribution in [0.4, 0.5) is 5.82 Å². The molecular weight excluding hydrogens is 314 g/mol. The lowest BCUT2D eigenvalue weighted by Gasteiger charge is -2.24. The lowest BCUT2D eigenvalue weighted by Crippen LogP contribution is -2.25. The van der Waals surface area contributed by atoms with Crippen molar-refractivity contribution in [1.29, 1.82) is 0 Å². The lowest BCUT2D eigenvalue weighted by molar-refractivity contribution is -0.117. The van der Waals surface area contributed by atoms with Crippen LogP contribution in [0.1, 0.15) is 35.6 Å². The molecule has 0 radical (unpaired) electrons. The van der Waals surface area contributed by atoms with E-state index in [1.807, 2.05) is 31.2 Å². The fraction of sp³-hybridized carbons (Fsp3) is 0.263. The van der Waals surface area contributed by atoms with Gasteiger partial charge in [0.2, 0.25) is 5.91 Å². The average molecular weight is 333 g/mol. The predicted molar refractivity (Wildman–Crippen MR) is 94.6 cm³/mol. The third-order valence-electron chi connectivity index (χ3n) is 4.58. The van der Waals surface area contributed by atoms with Crippen molar-refractivity contribution < 1.29 is 4.79 Å². The van der Waals surface area contributed by atoms with Crippen molar-refractivity contribution in [2.45, 2.75) is 32.1 Å². The van der Waals surface area contributed by atoms with Gasteiger partial charge in [0, 0.05) is 6.07 Å². The summed E-state index contributed by atoms with van der Waals surface area (Å²) >= 11 is 0. The van der Waals surface area contributed by atoms with Gasteiger partial charge in [0.25, 0.3) is 0 Å². The Hall–Kier alpha value is -3.02. The van der Waals surface area contributed by atoms with Gasteiger partial charge in [0.1, 0.15) is 5.82 Å². The van der Waals surface area contributed by atoms with Crippen molar-refractivity contribution in [2.24, 2.45) is 0 Å². The Kier molecular flexibility index (Phi) is 4.01. The topological polar surface area (TPSA) is 72.7 Å². The second kappa shape index (κ2) is 6.47. The molecule has 126 valence electrons. The zero-order chi connectivity index (χ0) is 17.2. The van der Waals surface area contributed by atoms with E-state index < -0.39 is 0 Å². The van der Waals surface area contributed by atoms with E-state index in [-0.39, 0.29) is 11.8 Å². The first-order valence-electron chi connectivity index (χ1n) is 8.46. The molecule has 0 saturated carbocycles. The Bertz CT molecular complexity index is 900. The summed E-state index contributed by atoms with van der Waals surface area (Å²) in [5.74, 6) is 1.05. The summed E-state index contributed by atoms with van der Waals surface area (Å²) in [6.45, 7) is 1.88. The van der Waals surface area contributed by atoms with Gasteiger partial charge in [0.15, 0.2) is 5.82 Å². The average Bonchev–Trinajstić information content (AvgIpc) is 3.10. The van der Waals surface area contributed by atoms with Crippen molar-refractivity contribution in [3.63, 3.8) is 0 Å². The third-order valence-corrected chi connectivity index (χ3v) is 4.58. The van der Waals surface area contributed by atoms with Crippen LogP contribution in [0.3, 0.4) is 0 Å². The van der Waals surface area contributed by atoms with E-state index in [4.69, 9.17) is 0 Å². The molecule has 0 aliphatic heterocycles. The molecule has 0 spiro atoms. The highest BCUT2D eigenvalue weighted by Gasteiger charge is 2.26. The number of aryl methyl sites for hydroxylation is 2. The van der Waals surface area contributed by atoms with Crippen LogP contribution in [0.5, 0.6) is 0 Å². The van der Waals surface area contributed by atoms with E-state index in [1.165, 1.54) is 5.56 Å². The second-order valence-corrected chi connectivity index (χ2v) is 6.29. The molecule has 1 aliphatic rings. The molecule has 0 bridgehead atoms. The van der Waals surface area contributed by atoms with Gasteiger partial charge in [-0.3, -0.25) is 4.79 Å². The first kappa shape index (κ1) is 15.5. The summed E-state index contributed by atoms with van der Waals surface area (Å²) in [6.07, 6.45) is 4.57. The number of hydrogen-bond donors (Lipinski definition) is 1. The van der Waals surface area contributed by atoms with Crippen LogP contribution in [0, 0.1) is 6.92 Å². The third kappa shape index (κ3) is 3.03. The van der Waals surface area contributed by atoms with Crippen molar-refractivity contribution in [3.8, 4) is 5.82 Å². The smallest absolute Gasteiger partial charge is 0.233 e. The Morgan fingerprint density at radius 3 is 2.88 bits per heavy atom. The highest BCUT2D eigenvalue weighted by Crippen LogP contribution is 2.32. The Labute approximate surface area is 145 Å². The summed E-state index contributed by atoms with van der Waals surface area (Å²) in [4.78, 5) is 12.9. The number of fused-ring (bicyclic) bond motifs is 1. The summed E-state index contributed by atoms with van der Waals surface area (Å²) in [6, 6.07) is 13.7. The van der Waals surface area contributed by atoms with E-state index in [9.17, 15) is 4.79 Å². The maximum atomic E-state index is 12.9. The fourth-order valence-electron chi connectivity index (χ4n) is 3.33. The quantitative estimate of drug-likeness (QED) is 0.799. The molecule has 6 heteroatoms. The van der Waals surface area contributed by atoms with Crippen molar-refractivity contribution >= 4 is 11.7 Å². The van der Waals surface area contributed by atoms with E-state index in [0.717, 1.165) is 30.5 Å². The number of hydrogen-bond acceptors (Lipinski definition) is 4. The number of nitrogens with zero attached hydrogens (tertiary/aromatic N) is 4. The molecule has 0 saturated heterocycles. The Morgan fingerprint density at radius 2 is 2.04 bits per heavy atom. The van der Waals surface area contributed by atoms with Crippen LogP contribution in [0.25, 0.3) is 5.82 Å². The van der Waals surface area contributed by atoms with Crippen LogP contribution in [0.2, 0.25) is 0 Å². The molecule has 1 N–H and O–H groups in total. The van der Waals surface area contributed by atoms with E-state index in [2.05, 4.69) is 32.7 Å². The Balaban J connectivity index is 1.59. The number of rotatable bonds is 3. The number of carbonyl (C=O) groups excluding carboxylic acids is 1. The molecule has 2 heterocycles. The second-order valence-electron chi connectivity index (χ2n) is 6.29. The van der Waals surface area contributed by atoms with Gasteiger partial charge >= 0.3 is 0 Å². The number of anilines is 1. The lowest BCUT2D eigenvalue weighted by atomic mass is 9.82. The normalized spacial score (nSPS) is 16.3. The van der Waals surface area contributed by atoms with Gasteiger partial charge < -0.3 is 5.32 Å². The van der Waals surface area contributed by atoms with Gasteiger partial charge in [-0.1, -0.05) is 24.3 Å². The molecule has 1 atom stereocenters. The Morgan fingerprint density at radius 1 is 1.16 bits per heavy atom. The largest absolute Gasteiger partial charge is 0.310 e. The predicted octanol–water partition coefficient (Wildman–Crippen LogP) is 3.03. The molecule has 0 fully saturated rings.